The van der Waals surface area contributed by atoms with E-state index < -0.39 is 94.2 Å². The minimum absolute atomic E-state index is 0.00262. The lowest BCUT2D eigenvalue weighted by Gasteiger charge is -2.36. The number of nitrogens with zero attached hydrogens (tertiary/aromatic N) is 3. The van der Waals surface area contributed by atoms with Crippen LogP contribution < -0.4 is 40.9 Å². The molecular formula is C69H92N8O13. The van der Waals surface area contributed by atoms with E-state index in [-0.39, 0.29) is 39.2 Å². The van der Waals surface area contributed by atoms with Gasteiger partial charge in [-0.15, -0.1) is 0 Å². The molecule has 1 aromatic heterocycles. The molecule has 0 radical (unpaired) electrons. The number of amides is 6. The average molecular weight is 1240 g/mol. The van der Waals surface area contributed by atoms with Crippen molar-refractivity contribution in [2.24, 2.45) is 16.2 Å². The van der Waals surface area contributed by atoms with E-state index in [1.165, 1.54) is 12.0 Å². The van der Waals surface area contributed by atoms with E-state index in [1.54, 1.807) is 105 Å². The number of urea groups is 1. The minimum atomic E-state index is -1.32. The molecule has 0 aliphatic carbocycles. The maximum Gasteiger partial charge on any atom is 0.407 e. The Hall–Kier alpha value is -8.56. The highest BCUT2D eigenvalue weighted by Gasteiger charge is 2.42. The Labute approximate surface area is 529 Å². The zero-order valence-corrected chi connectivity index (χ0v) is 54.2. The third-order valence-electron chi connectivity index (χ3n) is 16.1. The molecule has 21 heteroatoms. The van der Waals surface area contributed by atoms with Crippen molar-refractivity contribution in [3.63, 3.8) is 0 Å². The summed E-state index contributed by atoms with van der Waals surface area (Å²) in [6.45, 7) is 16.3. The SMILES string of the molecule is CCC(C)(C)C(=O)C(=O)N1CCCCC1C(=O)O[C@H](CCc1ccc(OC)c(OC)c1)c1cccc(OCCNC(=O)N[C@H](C(=O)N[C@@H](Cc2ccccc2)[C@@H](O)CN(Cc2ccc(-c3ccccn3)cc2)NC(=O)[C@@H](NC(=O)OC)C(C)(C)C)C(C)(C)C)c1. The van der Waals surface area contributed by atoms with Crippen molar-refractivity contribution in [1.82, 2.24) is 41.6 Å². The molecule has 1 saturated heterocycles. The molecule has 5 aromatic rings. The summed E-state index contributed by atoms with van der Waals surface area (Å²) in [7, 11) is 4.32. The number of likely N-dealkylation sites (tertiary alicyclic amines) is 1. The zero-order valence-electron chi connectivity index (χ0n) is 54.2. The first kappa shape index (κ1) is 70.5. The Bertz CT molecular complexity index is 3190. The number of alkyl carbamates (subject to hydrolysis) is 1. The fourth-order valence-corrected chi connectivity index (χ4v) is 10.4. The molecule has 486 valence electrons. The number of aryl methyl sites for hydroxylation is 1. The number of hydrogen-bond donors (Lipinski definition) is 6. The summed E-state index contributed by atoms with van der Waals surface area (Å²) >= 11 is 0. The van der Waals surface area contributed by atoms with Crippen LogP contribution in [0.1, 0.15) is 123 Å². The first-order valence-electron chi connectivity index (χ1n) is 30.7. The van der Waals surface area contributed by atoms with Gasteiger partial charge >= 0.3 is 18.1 Å². The van der Waals surface area contributed by atoms with E-state index in [0.717, 1.165) is 27.9 Å². The predicted molar refractivity (Wildman–Crippen MR) is 342 cm³/mol. The van der Waals surface area contributed by atoms with E-state index in [9.17, 15) is 38.7 Å². The van der Waals surface area contributed by atoms with Crippen LogP contribution in [0.15, 0.2) is 121 Å². The Morgan fingerprint density at radius 1 is 0.722 bits per heavy atom. The summed E-state index contributed by atoms with van der Waals surface area (Å²) < 4.78 is 28.3. The van der Waals surface area contributed by atoms with Crippen LogP contribution in [0.2, 0.25) is 0 Å². The number of ether oxygens (including phenoxy) is 5. The number of benzene rings is 4. The number of carbonyl (C=O) groups excluding carboxylic acids is 7. The highest BCUT2D eigenvalue weighted by Crippen LogP contribution is 2.33. The molecule has 1 aliphatic heterocycles. The van der Waals surface area contributed by atoms with Crippen LogP contribution in [0.3, 0.4) is 0 Å². The van der Waals surface area contributed by atoms with Gasteiger partial charge in [0.05, 0.1) is 45.7 Å². The van der Waals surface area contributed by atoms with Crippen molar-refractivity contribution in [3.8, 4) is 28.5 Å². The highest BCUT2D eigenvalue weighted by molar-refractivity contribution is 6.38. The summed E-state index contributed by atoms with van der Waals surface area (Å²) in [5.41, 5.74) is 5.17. The second kappa shape index (κ2) is 32.8. The zero-order chi connectivity index (χ0) is 65.8. The smallest absolute Gasteiger partial charge is 0.407 e. The summed E-state index contributed by atoms with van der Waals surface area (Å²) in [5.74, 6) is -1.46. The standard InChI is InChI=1S/C69H92N8O13/c1-13-69(8,9)60(79)63(82)77-38-20-18-27-53(77)64(83)90-55(34-30-46-31-35-56(86-10)57(41-46)87-11)49-24-21-25-50(42-49)89-39-37-71-65(84)73-58(67(2,3)4)61(80)72-52(40-45-22-15-14-16-23-45)54(78)44-76(75-62(81)59(68(5,6)7)74-66(85)88-12)43-47-28-32-48(33-29-47)51-26-17-19-36-70-51/h14-17,19,21-26,28-29,31-33,35-36,41-42,52-55,58-59,78H,13,18,20,27,30,34,37-40,43-44H2,1-12H3,(H,72,80)(H,74,85)(H,75,81)(H2,71,73,84)/t52-,53?,54-,55+,58+,59+/m0/s1. The summed E-state index contributed by atoms with van der Waals surface area (Å²) in [6.07, 6.45) is 1.89. The van der Waals surface area contributed by atoms with Gasteiger partial charge in [-0.3, -0.25) is 29.6 Å². The normalized spacial score (nSPS) is 15.2. The molecule has 0 spiro atoms. The summed E-state index contributed by atoms with van der Waals surface area (Å²) in [5, 5.41) is 25.2. The third-order valence-corrected chi connectivity index (χ3v) is 16.1. The lowest BCUT2D eigenvalue weighted by molar-refractivity contribution is -0.164. The molecular weight excluding hydrogens is 1150 g/mol. The van der Waals surface area contributed by atoms with Crippen molar-refractivity contribution in [3.05, 3.63) is 144 Å². The van der Waals surface area contributed by atoms with Gasteiger partial charge in [0.1, 0.15) is 36.6 Å². The topological polar surface area (TPSA) is 265 Å². The Morgan fingerprint density at radius 2 is 1.40 bits per heavy atom. The van der Waals surface area contributed by atoms with Gasteiger partial charge in [0.15, 0.2) is 11.5 Å². The van der Waals surface area contributed by atoms with Gasteiger partial charge < -0.3 is 55.0 Å². The number of aliphatic hydroxyl groups is 1. The van der Waals surface area contributed by atoms with Crippen LogP contribution in [0, 0.1) is 16.2 Å². The molecule has 1 unspecified atom stereocenters. The lowest BCUT2D eigenvalue weighted by Crippen LogP contribution is -2.61. The molecule has 6 atom stereocenters. The number of aliphatic hydroxyl groups excluding tert-OH is 1. The summed E-state index contributed by atoms with van der Waals surface area (Å²) in [6, 6.07) is 30.4. The van der Waals surface area contributed by atoms with E-state index in [2.05, 4.69) is 31.7 Å². The number of aromatic nitrogens is 1. The van der Waals surface area contributed by atoms with Crippen molar-refractivity contribution >= 4 is 41.6 Å². The van der Waals surface area contributed by atoms with Gasteiger partial charge in [-0.1, -0.05) is 141 Å². The van der Waals surface area contributed by atoms with Crippen molar-refractivity contribution < 1.29 is 62.4 Å². The molecule has 6 amide bonds. The van der Waals surface area contributed by atoms with Gasteiger partial charge in [-0.25, -0.2) is 19.4 Å². The van der Waals surface area contributed by atoms with Crippen LogP contribution in [0.4, 0.5) is 9.59 Å². The van der Waals surface area contributed by atoms with E-state index in [0.29, 0.717) is 61.3 Å². The fourth-order valence-electron chi connectivity index (χ4n) is 10.4. The second-order valence-corrected chi connectivity index (χ2v) is 25.4. The van der Waals surface area contributed by atoms with Crippen LogP contribution in [0.5, 0.6) is 17.2 Å². The summed E-state index contributed by atoms with van der Waals surface area (Å²) in [4.78, 5) is 102. The van der Waals surface area contributed by atoms with E-state index >= 15 is 0 Å². The third kappa shape index (κ3) is 20.5. The highest BCUT2D eigenvalue weighted by atomic mass is 16.5. The molecule has 2 heterocycles. The molecule has 0 saturated carbocycles. The molecule has 4 aromatic carbocycles. The van der Waals surface area contributed by atoms with E-state index in [1.807, 2.05) is 97.9 Å². The van der Waals surface area contributed by atoms with Gasteiger partial charge in [0.25, 0.3) is 11.8 Å². The van der Waals surface area contributed by atoms with Crippen LogP contribution >= 0.6 is 0 Å². The first-order valence-corrected chi connectivity index (χ1v) is 30.7. The molecule has 1 fully saturated rings. The first-order chi connectivity index (χ1) is 42.7. The Morgan fingerprint density at radius 3 is 2.04 bits per heavy atom. The number of ketones is 1. The number of pyridine rings is 1. The van der Waals surface area contributed by atoms with Gasteiger partial charge in [-0.05, 0) is 114 Å². The van der Waals surface area contributed by atoms with E-state index in [4.69, 9.17) is 23.7 Å². The molecule has 6 rings (SSSR count). The second-order valence-electron chi connectivity index (χ2n) is 25.4. The quantitative estimate of drug-likeness (QED) is 0.0113. The van der Waals surface area contributed by atoms with Crippen LogP contribution in [-0.4, -0.2) is 139 Å². The maximum atomic E-state index is 14.6. The van der Waals surface area contributed by atoms with Crippen molar-refractivity contribution in [1.29, 1.82) is 0 Å². The number of Topliss-reactive ketones (excluding diaryl/α,β-unsaturated/α-hetero) is 1. The number of piperidine rings is 1. The van der Waals surface area contributed by atoms with Gasteiger partial charge in [0, 0.05) is 36.8 Å². The lowest BCUT2D eigenvalue weighted by atomic mass is 9.84. The minimum Gasteiger partial charge on any atom is -0.493 e. The van der Waals surface area contributed by atoms with Crippen LogP contribution in [-0.2, 0) is 52.8 Å². The van der Waals surface area contributed by atoms with Gasteiger partial charge in [0.2, 0.25) is 11.7 Å². The molecule has 21 nitrogen and oxygen atoms in total. The van der Waals surface area contributed by atoms with Gasteiger partial charge in [-0.2, -0.15) is 0 Å². The number of hydrogen-bond acceptors (Lipinski definition) is 15. The fraction of sp³-hybridized carbons (Fsp3) is 0.478. The van der Waals surface area contributed by atoms with Crippen LogP contribution in [0.25, 0.3) is 11.3 Å². The number of rotatable bonds is 29. The molecule has 6 N–H and O–H groups in total. The number of carbonyl (C=O) groups is 7. The monoisotopic (exact) mass is 1240 g/mol. The maximum absolute atomic E-state index is 14.6. The Balaban J connectivity index is 1.15. The Kier molecular flexibility index (Phi) is 25.7. The predicted octanol–water partition coefficient (Wildman–Crippen LogP) is 8.85. The number of hydrazine groups is 1. The molecule has 1 aliphatic rings. The van der Waals surface area contributed by atoms with Crippen molar-refractivity contribution in [2.75, 3.05) is 47.6 Å². The molecule has 0 bridgehead atoms. The number of methoxy groups -OCH3 is 3. The average Bonchev–Trinajstić information content (AvgIpc) is 3.68. The van der Waals surface area contributed by atoms with Crippen molar-refractivity contribution in [2.45, 2.75) is 150 Å². The number of nitrogens with one attached hydrogen (secondary N) is 5. The number of esters is 1. The largest absolute Gasteiger partial charge is 0.493 e. The molecule has 90 heavy (non-hydrogen) atoms.